The predicted molar refractivity (Wildman–Crippen MR) is 328 cm³/mol. The Balaban J connectivity index is 0.000000256. The van der Waals surface area contributed by atoms with Gasteiger partial charge in [0.2, 0.25) is 5.95 Å². The zero-order valence-corrected chi connectivity index (χ0v) is 53.5. The number of anilines is 1. The van der Waals surface area contributed by atoms with E-state index >= 15 is 0 Å². The van der Waals surface area contributed by atoms with E-state index in [0.29, 0.717) is 81.3 Å². The van der Waals surface area contributed by atoms with Crippen LogP contribution in [-0.4, -0.2) is 67.8 Å². The molecule has 9 rings (SSSR count). The van der Waals surface area contributed by atoms with Crippen LogP contribution in [-0.2, 0) is 60.4 Å². The van der Waals surface area contributed by atoms with E-state index in [4.69, 9.17) is 62.2 Å². The van der Waals surface area contributed by atoms with Gasteiger partial charge in [-0.3, -0.25) is 46.7 Å². The van der Waals surface area contributed by atoms with Gasteiger partial charge in [-0.15, -0.1) is 0 Å². The molecule has 3 aromatic carbocycles. The fourth-order valence-electron chi connectivity index (χ4n) is 8.52. The van der Waals surface area contributed by atoms with Crippen LogP contribution < -0.4 is 69.0 Å². The van der Waals surface area contributed by atoms with Crippen molar-refractivity contribution in [1.29, 1.82) is 0 Å². The van der Waals surface area contributed by atoms with Crippen LogP contribution in [0.4, 0.5) is 11.9 Å². The minimum Gasteiger partial charge on any atom is -0.397 e. The number of fused-ring (bicyclic) bond motifs is 3. The molecule has 3 N–H and O–H groups in total. The van der Waals surface area contributed by atoms with Crippen molar-refractivity contribution >= 4 is 96.1 Å². The third kappa shape index (κ3) is 16.4. The molecule has 440 valence electrons. The molecule has 0 atom stereocenters. The van der Waals surface area contributed by atoms with Crippen molar-refractivity contribution in [1.82, 2.24) is 56.1 Å². The van der Waals surface area contributed by atoms with Gasteiger partial charge in [0.05, 0.1) is 13.1 Å². The second-order valence-corrected chi connectivity index (χ2v) is 20.5. The van der Waals surface area contributed by atoms with Gasteiger partial charge in [-0.05, 0) is 106 Å². The van der Waals surface area contributed by atoms with Gasteiger partial charge in [-0.25, -0.2) is 24.4 Å². The molecular weight excluding hydrogens is 1220 g/mol. The number of rotatable bonds is 16. The quantitative estimate of drug-likeness (QED) is 0.0353. The van der Waals surface area contributed by atoms with E-state index in [1.165, 1.54) is 36.9 Å². The standard InChI is InChI=1S/C17H18BrClN4O2.C17H18ClN7O2.C17H20ClN5O2.C2H6O.N3.Na/c1-3-4-9-22-15(24)13-14(21(2)17(22)25)20-16(18)23(13)10-11-5-7-12(19)8-6-11;1-3-4-9-24-15(26)13-14(23(2)17(24)27)20-16(21-22-19)25(13)10-11-5-7-12(18)8-6-11;1-3-4-9-22-15(24)13-14(21(2)17(22)25)20-16(19)23(13)10-11-5-7-12(18)8-6-11;1-2-3;1-3-2;/h5-8H,3-4,9-10H2,1-2H3;5-8H,3-4,9-10H2,1-2H3;5-8H,3-4,9-10H2,1-2H3,(H2,19,20);3H,2H2,1H3;;/q;;;;-1;+1. The maximum atomic E-state index is 13.0. The third-order valence-electron chi connectivity index (χ3n) is 12.8. The molecule has 26 nitrogen and oxygen atoms in total. The van der Waals surface area contributed by atoms with E-state index < -0.39 is 11.2 Å². The number of aliphatic hydroxyl groups excluding tert-OH is 1. The second-order valence-electron chi connectivity index (χ2n) is 18.5. The first-order valence-electron chi connectivity index (χ1n) is 26.1. The van der Waals surface area contributed by atoms with Gasteiger partial charge in [-0.2, -0.15) is 4.98 Å². The first-order valence-corrected chi connectivity index (χ1v) is 28.0. The first kappa shape index (κ1) is 69.3. The Morgan fingerprint density at radius 2 is 0.821 bits per heavy atom. The molecule has 31 heteroatoms. The van der Waals surface area contributed by atoms with Crippen LogP contribution >= 0.6 is 50.7 Å². The van der Waals surface area contributed by atoms with E-state index in [9.17, 15) is 28.8 Å². The number of benzene rings is 3. The van der Waals surface area contributed by atoms with Crippen LogP contribution in [0.25, 0.3) is 59.9 Å². The molecule has 0 saturated heterocycles. The van der Waals surface area contributed by atoms with Gasteiger partial charge in [0, 0.05) is 73.9 Å². The molecular formula is C53H62BrCl3N19NaO7. The number of hydrogen-bond donors (Lipinski definition) is 2. The molecule has 0 bridgehead atoms. The fourth-order valence-corrected chi connectivity index (χ4v) is 9.37. The van der Waals surface area contributed by atoms with Crippen molar-refractivity contribution in [2.24, 2.45) is 26.3 Å². The zero-order valence-electron chi connectivity index (χ0n) is 47.7. The molecule has 6 aromatic heterocycles. The van der Waals surface area contributed by atoms with Gasteiger partial charge in [0.1, 0.15) is 0 Å². The summed E-state index contributed by atoms with van der Waals surface area (Å²) < 4.78 is 13.3. The molecule has 0 fully saturated rings. The number of unbranched alkanes of at least 4 members (excludes halogenated alkanes) is 3. The number of imidazole rings is 3. The number of aromatic nitrogens is 12. The van der Waals surface area contributed by atoms with Crippen LogP contribution in [0.1, 0.15) is 82.9 Å². The number of nitrogen functional groups attached to an aromatic ring is 1. The Morgan fingerprint density at radius 3 is 1.17 bits per heavy atom. The third-order valence-corrected chi connectivity index (χ3v) is 14.1. The van der Waals surface area contributed by atoms with Crippen molar-refractivity contribution < 1.29 is 34.7 Å². The number of azide groups is 1. The number of aryl methyl sites for hydroxylation is 3. The Morgan fingerprint density at radius 1 is 0.524 bits per heavy atom. The van der Waals surface area contributed by atoms with Crippen molar-refractivity contribution in [3.63, 3.8) is 0 Å². The maximum Gasteiger partial charge on any atom is 1.00 e. The average molecular weight is 1290 g/mol. The van der Waals surface area contributed by atoms with Crippen molar-refractivity contribution in [2.75, 3.05) is 12.3 Å². The van der Waals surface area contributed by atoms with Crippen molar-refractivity contribution in [2.45, 2.75) is 105 Å². The zero-order chi connectivity index (χ0) is 61.2. The Hall–Kier alpha value is -7.16. The Labute approximate surface area is 525 Å². The second kappa shape index (κ2) is 32.8. The molecule has 0 aliphatic heterocycles. The van der Waals surface area contributed by atoms with Crippen LogP contribution in [0, 0.1) is 0 Å². The minimum absolute atomic E-state index is 0. The normalized spacial score (nSPS) is 10.6. The number of aliphatic hydroxyl groups is 1. The number of hydrogen-bond acceptors (Lipinski definition) is 12. The van der Waals surface area contributed by atoms with Gasteiger partial charge >= 0.3 is 46.6 Å². The average Bonchev–Trinajstić information content (AvgIpc) is 2.12. The summed E-state index contributed by atoms with van der Waals surface area (Å²) in [5.41, 5.74) is 30.8. The fraction of sp³-hybridized carbons (Fsp3) is 0.377. The monoisotopic (exact) mass is 1280 g/mol. The Kier molecular flexibility index (Phi) is 27.1. The number of nitrogens with two attached hydrogens (primary N) is 1. The summed E-state index contributed by atoms with van der Waals surface area (Å²) in [4.78, 5) is 93.4. The minimum atomic E-state index is -0.442. The summed E-state index contributed by atoms with van der Waals surface area (Å²) in [5, 5.41) is 13.1. The molecule has 0 spiro atoms. The molecule has 0 radical (unpaired) electrons. The summed E-state index contributed by atoms with van der Waals surface area (Å²) in [6.07, 6.45) is 4.87. The van der Waals surface area contributed by atoms with Crippen LogP contribution in [0.15, 0.2) is 111 Å². The van der Waals surface area contributed by atoms with E-state index in [1.54, 1.807) is 73.6 Å². The van der Waals surface area contributed by atoms with Gasteiger partial charge in [-0.1, -0.05) is 111 Å². The molecule has 84 heavy (non-hydrogen) atoms. The van der Waals surface area contributed by atoms with E-state index in [1.807, 2.05) is 57.2 Å². The molecule has 0 unspecified atom stereocenters. The Bertz CT molecular complexity index is 4020. The largest absolute Gasteiger partial charge is 1.00 e. The molecule has 6 heterocycles. The van der Waals surface area contributed by atoms with E-state index in [2.05, 4.69) is 40.9 Å². The van der Waals surface area contributed by atoms with Crippen molar-refractivity contribution in [3.05, 3.63) is 198 Å². The number of halogens is 4. The summed E-state index contributed by atoms with van der Waals surface area (Å²) in [6, 6.07) is 21.8. The van der Waals surface area contributed by atoms with Crippen LogP contribution in [0.3, 0.4) is 0 Å². The van der Waals surface area contributed by atoms with Gasteiger partial charge < -0.3 is 35.6 Å². The maximum absolute atomic E-state index is 13.0. The van der Waals surface area contributed by atoms with Crippen molar-refractivity contribution in [3.8, 4) is 0 Å². The summed E-state index contributed by atoms with van der Waals surface area (Å²) in [7, 11) is 4.79. The molecule has 0 saturated carbocycles. The molecule has 9 aromatic rings. The molecule has 0 aliphatic rings. The summed E-state index contributed by atoms with van der Waals surface area (Å²) in [5.74, 6) is 0.230. The molecule has 0 amide bonds. The number of nitrogens with zero attached hydrogens (tertiary/aromatic N) is 18. The first-order chi connectivity index (χ1) is 39.7. The summed E-state index contributed by atoms with van der Waals surface area (Å²) >= 11 is 21.2. The van der Waals surface area contributed by atoms with E-state index in [-0.39, 0.29) is 88.3 Å². The van der Waals surface area contributed by atoms with Crippen LogP contribution in [0.5, 0.6) is 0 Å². The van der Waals surface area contributed by atoms with Crippen LogP contribution in [0.2, 0.25) is 15.1 Å². The molecule has 0 aliphatic carbocycles. The van der Waals surface area contributed by atoms with Gasteiger partial charge in [0.25, 0.3) is 16.7 Å². The van der Waals surface area contributed by atoms with Gasteiger partial charge in [0.15, 0.2) is 44.2 Å². The van der Waals surface area contributed by atoms with E-state index in [0.717, 1.165) is 48.8 Å². The summed E-state index contributed by atoms with van der Waals surface area (Å²) in [6.45, 7) is 10.1. The SMILES string of the molecule is CCCCn1c(=O)c2c(nc(Br)n2Cc2ccc(Cl)cc2)n(C)c1=O.CCCCn1c(=O)c2c(nc(N)n2Cc2ccc(Cl)cc2)n(C)c1=O.CCCCn1c(=O)c2c(nc(N=[N+]=[N-])n2Cc2ccc(Cl)cc2)n(C)c1=O.CCO.[N-]=[N+]=[N-].[Na+]. The smallest absolute Gasteiger partial charge is 0.397 e. The predicted octanol–water partition coefficient (Wildman–Crippen LogP) is 6.35. The topological polar surface area (TPSA) is 339 Å².